The first-order valence-electron chi connectivity index (χ1n) is 6.49. The van der Waals surface area contributed by atoms with Crippen molar-refractivity contribution in [3.8, 4) is 11.5 Å². The Kier molecular flexibility index (Phi) is 5.63. The zero-order chi connectivity index (χ0) is 15.1. The van der Waals surface area contributed by atoms with Crippen LogP contribution in [0.25, 0.3) is 0 Å². The first kappa shape index (κ1) is 15.4. The van der Waals surface area contributed by atoms with Gasteiger partial charge in [0.15, 0.2) is 0 Å². The Morgan fingerprint density at radius 1 is 1.05 bits per heavy atom. The molecule has 0 spiro atoms. The van der Waals surface area contributed by atoms with Gasteiger partial charge in [-0.3, -0.25) is 0 Å². The Balaban J connectivity index is 1.78. The highest BCUT2D eigenvalue weighted by atomic mass is 79.9. The molecule has 0 aliphatic carbocycles. The fraction of sp³-hybridized carbons (Fsp3) is 0.188. The maximum atomic E-state index is 8.70. The van der Waals surface area contributed by atoms with E-state index in [2.05, 4.69) is 21.1 Å². The molecular formula is C16H16BrNO3. The summed E-state index contributed by atoms with van der Waals surface area (Å²) < 4.78 is 12.2. The molecule has 0 bridgehead atoms. The van der Waals surface area contributed by atoms with Crippen molar-refractivity contribution in [2.45, 2.75) is 6.92 Å². The van der Waals surface area contributed by atoms with Crippen LogP contribution >= 0.6 is 15.9 Å². The molecule has 1 N–H and O–H groups in total. The van der Waals surface area contributed by atoms with E-state index in [1.807, 2.05) is 48.5 Å². The van der Waals surface area contributed by atoms with Gasteiger partial charge in [-0.15, -0.1) is 0 Å². The van der Waals surface area contributed by atoms with Gasteiger partial charge in [-0.25, -0.2) is 0 Å². The van der Waals surface area contributed by atoms with Crippen LogP contribution in [0.3, 0.4) is 0 Å². The normalized spacial score (nSPS) is 11.2. The number of oxime groups is 1. The SMILES string of the molecule is CC(=NO)c1ccc(OCCOc2cccc(Br)c2)cc1. The van der Waals surface area contributed by atoms with E-state index in [-0.39, 0.29) is 0 Å². The van der Waals surface area contributed by atoms with Gasteiger partial charge in [-0.05, 0) is 55.0 Å². The Bertz CT molecular complexity index is 611. The van der Waals surface area contributed by atoms with Crippen LogP contribution in [0.5, 0.6) is 11.5 Å². The minimum Gasteiger partial charge on any atom is -0.490 e. The van der Waals surface area contributed by atoms with Crippen molar-refractivity contribution >= 4 is 21.6 Å². The molecule has 4 nitrogen and oxygen atoms in total. The van der Waals surface area contributed by atoms with Crippen molar-refractivity contribution in [2.24, 2.45) is 5.16 Å². The fourth-order valence-electron chi connectivity index (χ4n) is 1.73. The van der Waals surface area contributed by atoms with Crippen molar-refractivity contribution < 1.29 is 14.7 Å². The van der Waals surface area contributed by atoms with Crippen LogP contribution in [0, 0.1) is 0 Å². The van der Waals surface area contributed by atoms with Gasteiger partial charge in [0.1, 0.15) is 24.7 Å². The molecule has 21 heavy (non-hydrogen) atoms. The molecule has 0 saturated carbocycles. The number of nitrogens with zero attached hydrogens (tertiary/aromatic N) is 1. The van der Waals surface area contributed by atoms with Crippen molar-refractivity contribution in [1.82, 2.24) is 0 Å². The van der Waals surface area contributed by atoms with Crippen LogP contribution in [0.15, 0.2) is 58.2 Å². The lowest BCUT2D eigenvalue weighted by molar-refractivity contribution is 0.217. The van der Waals surface area contributed by atoms with Gasteiger partial charge >= 0.3 is 0 Å². The Morgan fingerprint density at radius 3 is 2.33 bits per heavy atom. The summed E-state index contributed by atoms with van der Waals surface area (Å²) in [5.41, 5.74) is 1.43. The predicted molar refractivity (Wildman–Crippen MR) is 85.6 cm³/mol. The maximum Gasteiger partial charge on any atom is 0.122 e. The van der Waals surface area contributed by atoms with E-state index in [1.165, 1.54) is 0 Å². The van der Waals surface area contributed by atoms with Crippen LogP contribution in [-0.2, 0) is 0 Å². The Morgan fingerprint density at radius 2 is 1.71 bits per heavy atom. The van der Waals surface area contributed by atoms with E-state index in [1.54, 1.807) is 6.92 Å². The zero-order valence-corrected chi connectivity index (χ0v) is 13.2. The number of hydrogen-bond acceptors (Lipinski definition) is 4. The van der Waals surface area contributed by atoms with Crippen LogP contribution in [0.2, 0.25) is 0 Å². The molecule has 0 unspecified atom stereocenters. The van der Waals surface area contributed by atoms with Gasteiger partial charge in [0.25, 0.3) is 0 Å². The van der Waals surface area contributed by atoms with Crippen LogP contribution < -0.4 is 9.47 Å². The molecule has 0 atom stereocenters. The van der Waals surface area contributed by atoms with Crippen molar-refractivity contribution in [1.29, 1.82) is 0 Å². The monoisotopic (exact) mass is 349 g/mol. The quantitative estimate of drug-likeness (QED) is 0.369. The van der Waals surface area contributed by atoms with Gasteiger partial charge in [-0.2, -0.15) is 0 Å². The number of rotatable bonds is 6. The molecular weight excluding hydrogens is 334 g/mol. The largest absolute Gasteiger partial charge is 0.490 e. The van der Waals surface area contributed by atoms with Gasteiger partial charge in [0.2, 0.25) is 0 Å². The molecule has 0 radical (unpaired) electrons. The van der Waals surface area contributed by atoms with E-state index in [0.717, 1.165) is 21.5 Å². The standard InChI is InChI=1S/C16H16BrNO3/c1-12(18-19)13-5-7-15(8-6-13)20-9-10-21-16-4-2-3-14(17)11-16/h2-8,11,19H,9-10H2,1H3. The molecule has 0 aliphatic rings. The predicted octanol–water partition coefficient (Wildman–Crippen LogP) is 4.11. The number of hydrogen-bond donors (Lipinski definition) is 1. The lowest BCUT2D eigenvalue weighted by atomic mass is 10.1. The number of benzene rings is 2. The van der Waals surface area contributed by atoms with Gasteiger partial charge in [0.05, 0.1) is 5.71 Å². The van der Waals surface area contributed by atoms with Crippen LogP contribution in [0.1, 0.15) is 12.5 Å². The average molecular weight is 350 g/mol. The lowest BCUT2D eigenvalue weighted by Crippen LogP contribution is -2.09. The Hall–Kier alpha value is -2.01. The summed E-state index contributed by atoms with van der Waals surface area (Å²) in [6.45, 7) is 2.66. The second-order valence-corrected chi connectivity index (χ2v) is 5.28. The van der Waals surface area contributed by atoms with E-state index < -0.39 is 0 Å². The number of halogens is 1. The fourth-order valence-corrected chi connectivity index (χ4v) is 2.10. The van der Waals surface area contributed by atoms with Crippen molar-refractivity contribution in [3.05, 3.63) is 58.6 Å². The van der Waals surface area contributed by atoms with E-state index in [0.29, 0.717) is 18.9 Å². The molecule has 0 aromatic heterocycles. The van der Waals surface area contributed by atoms with Crippen LogP contribution in [0.4, 0.5) is 0 Å². The summed E-state index contributed by atoms with van der Waals surface area (Å²) in [5, 5.41) is 11.9. The smallest absolute Gasteiger partial charge is 0.122 e. The highest BCUT2D eigenvalue weighted by molar-refractivity contribution is 9.10. The second-order valence-electron chi connectivity index (χ2n) is 4.36. The van der Waals surface area contributed by atoms with Crippen molar-refractivity contribution in [2.75, 3.05) is 13.2 Å². The zero-order valence-electron chi connectivity index (χ0n) is 11.6. The number of ether oxygens (including phenoxy) is 2. The minimum atomic E-state index is 0.457. The molecule has 0 amide bonds. The second kappa shape index (κ2) is 7.69. The van der Waals surface area contributed by atoms with E-state index in [9.17, 15) is 0 Å². The van der Waals surface area contributed by atoms with E-state index in [4.69, 9.17) is 14.7 Å². The van der Waals surface area contributed by atoms with E-state index >= 15 is 0 Å². The van der Waals surface area contributed by atoms with Gasteiger partial charge in [-0.1, -0.05) is 27.2 Å². The van der Waals surface area contributed by atoms with Crippen molar-refractivity contribution in [3.63, 3.8) is 0 Å². The third kappa shape index (κ3) is 4.79. The molecule has 0 fully saturated rings. The summed E-state index contributed by atoms with van der Waals surface area (Å²) in [6, 6.07) is 15.0. The third-order valence-corrected chi connectivity index (χ3v) is 3.33. The molecule has 0 aliphatic heterocycles. The van der Waals surface area contributed by atoms with Crippen LogP contribution in [-0.4, -0.2) is 24.1 Å². The molecule has 110 valence electrons. The Labute approximate surface area is 132 Å². The highest BCUT2D eigenvalue weighted by Crippen LogP contribution is 2.18. The topological polar surface area (TPSA) is 51.1 Å². The average Bonchev–Trinajstić information content (AvgIpc) is 2.51. The molecule has 2 aromatic rings. The summed E-state index contributed by atoms with van der Waals surface area (Å²) >= 11 is 3.39. The minimum absolute atomic E-state index is 0.457. The summed E-state index contributed by atoms with van der Waals surface area (Å²) in [7, 11) is 0. The summed E-state index contributed by atoms with van der Waals surface area (Å²) in [6.07, 6.45) is 0. The lowest BCUT2D eigenvalue weighted by Gasteiger charge is -2.09. The molecule has 5 heteroatoms. The molecule has 0 heterocycles. The third-order valence-electron chi connectivity index (χ3n) is 2.84. The summed E-state index contributed by atoms with van der Waals surface area (Å²) in [5.74, 6) is 1.56. The van der Waals surface area contributed by atoms with Gasteiger partial charge < -0.3 is 14.7 Å². The van der Waals surface area contributed by atoms with Gasteiger partial charge in [0, 0.05) is 4.47 Å². The maximum absolute atomic E-state index is 8.70. The summed E-state index contributed by atoms with van der Waals surface area (Å²) in [4.78, 5) is 0. The highest BCUT2D eigenvalue weighted by Gasteiger charge is 2.00. The first-order valence-corrected chi connectivity index (χ1v) is 7.28. The molecule has 2 rings (SSSR count). The first-order chi connectivity index (χ1) is 10.2. The molecule has 2 aromatic carbocycles. The molecule has 0 saturated heterocycles.